The lowest BCUT2D eigenvalue weighted by molar-refractivity contribution is -0.118. The predicted octanol–water partition coefficient (Wildman–Crippen LogP) is 1.63. The van der Waals surface area contributed by atoms with Crippen LogP contribution in [-0.4, -0.2) is 26.2 Å². The molecule has 0 aromatic heterocycles. The molecule has 0 saturated carbocycles. The second-order valence-electron chi connectivity index (χ2n) is 4.36. The maximum absolute atomic E-state index is 11.8. The molecule has 0 saturated heterocycles. The van der Waals surface area contributed by atoms with Crippen LogP contribution in [0, 0.1) is 5.92 Å². The van der Waals surface area contributed by atoms with Gasteiger partial charge in [-0.25, -0.2) is 0 Å². The molecule has 5 heteroatoms. The minimum absolute atomic E-state index is 0.0810. The highest BCUT2D eigenvalue weighted by molar-refractivity contribution is 5.95. The van der Waals surface area contributed by atoms with Gasteiger partial charge < -0.3 is 20.5 Å². The number of amides is 1. The van der Waals surface area contributed by atoms with E-state index in [-0.39, 0.29) is 11.8 Å². The molecule has 18 heavy (non-hydrogen) atoms. The van der Waals surface area contributed by atoms with E-state index >= 15 is 0 Å². The molecule has 0 radical (unpaired) electrons. The molecule has 1 rings (SSSR count). The molecule has 0 aliphatic carbocycles. The van der Waals surface area contributed by atoms with Gasteiger partial charge in [-0.3, -0.25) is 4.79 Å². The minimum Gasteiger partial charge on any atom is -0.497 e. The van der Waals surface area contributed by atoms with Crippen molar-refractivity contribution in [1.29, 1.82) is 0 Å². The number of nitrogens with one attached hydrogen (secondary N) is 1. The Balaban J connectivity index is 2.86. The average Bonchev–Trinajstić information content (AvgIpc) is 2.36. The number of benzene rings is 1. The lowest BCUT2D eigenvalue weighted by Gasteiger charge is -2.16. The standard InChI is InChI=1S/C13H20N2O3/c1-8(2)12(14)13(16)15-9-5-10(17-3)7-11(6-9)18-4/h5-8,12H,14H2,1-4H3,(H,15,16)/t12-/m1/s1. The zero-order valence-electron chi connectivity index (χ0n) is 11.2. The number of hydrogen-bond donors (Lipinski definition) is 2. The van der Waals surface area contributed by atoms with Crippen LogP contribution in [0.4, 0.5) is 5.69 Å². The molecule has 1 amide bonds. The van der Waals surface area contributed by atoms with Crippen molar-refractivity contribution in [2.24, 2.45) is 11.7 Å². The number of nitrogens with two attached hydrogens (primary N) is 1. The second-order valence-corrected chi connectivity index (χ2v) is 4.36. The molecule has 100 valence electrons. The van der Waals surface area contributed by atoms with Crippen LogP contribution in [0.15, 0.2) is 18.2 Å². The first-order valence-electron chi connectivity index (χ1n) is 5.77. The Morgan fingerprint density at radius 2 is 1.67 bits per heavy atom. The van der Waals surface area contributed by atoms with Gasteiger partial charge in [0.2, 0.25) is 5.91 Å². The molecule has 0 aliphatic rings. The zero-order chi connectivity index (χ0) is 13.7. The Morgan fingerprint density at radius 1 is 1.17 bits per heavy atom. The zero-order valence-corrected chi connectivity index (χ0v) is 11.2. The molecule has 3 N–H and O–H groups in total. The molecule has 0 aliphatic heterocycles. The van der Waals surface area contributed by atoms with Crippen molar-refractivity contribution in [2.45, 2.75) is 19.9 Å². The Bertz CT molecular complexity index is 396. The van der Waals surface area contributed by atoms with Crippen molar-refractivity contribution < 1.29 is 14.3 Å². The third kappa shape index (κ3) is 3.63. The maximum Gasteiger partial charge on any atom is 0.241 e. The van der Waals surface area contributed by atoms with Crippen LogP contribution in [0.25, 0.3) is 0 Å². The Hall–Kier alpha value is -1.75. The monoisotopic (exact) mass is 252 g/mol. The van der Waals surface area contributed by atoms with Gasteiger partial charge in [0.05, 0.1) is 20.3 Å². The lowest BCUT2D eigenvalue weighted by Crippen LogP contribution is -2.39. The number of hydrogen-bond acceptors (Lipinski definition) is 4. The van der Waals surface area contributed by atoms with Crippen molar-refractivity contribution >= 4 is 11.6 Å². The first-order chi connectivity index (χ1) is 8.47. The summed E-state index contributed by atoms with van der Waals surface area (Å²) in [5.41, 5.74) is 6.38. The van der Waals surface area contributed by atoms with Gasteiger partial charge in [-0.1, -0.05) is 13.8 Å². The van der Waals surface area contributed by atoms with Gasteiger partial charge in [-0.05, 0) is 5.92 Å². The average molecular weight is 252 g/mol. The van der Waals surface area contributed by atoms with Crippen molar-refractivity contribution in [1.82, 2.24) is 0 Å². The first-order valence-corrected chi connectivity index (χ1v) is 5.77. The first kappa shape index (κ1) is 14.3. The molecule has 0 bridgehead atoms. The summed E-state index contributed by atoms with van der Waals surface area (Å²) >= 11 is 0. The molecular formula is C13H20N2O3. The lowest BCUT2D eigenvalue weighted by atomic mass is 10.0. The van der Waals surface area contributed by atoms with E-state index in [0.29, 0.717) is 17.2 Å². The van der Waals surface area contributed by atoms with E-state index in [0.717, 1.165) is 0 Å². The van der Waals surface area contributed by atoms with Crippen LogP contribution in [0.3, 0.4) is 0 Å². The van der Waals surface area contributed by atoms with Gasteiger partial charge in [0.15, 0.2) is 0 Å². The van der Waals surface area contributed by atoms with Gasteiger partial charge >= 0.3 is 0 Å². The largest absolute Gasteiger partial charge is 0.497 e. The fraction of sp³-hybridized carbons (Fsp3) is 0.462. The van der Waals surface area contributed by atoms with Crippen LogP contribution in [0.2, 0.25) is 0 Å². The Morgan fingerprint density at radius 3 is 2.06 bits per heavy atom. The van der Waals surface area contributed by atoms with Gasteiger partial charge in [-0.2, -0.15) is 0 Å². The van der Waals surface area contributed by atoms with E-state index in [1.807, 2.05) is 13.8 Å². The van der Waals surface area contributed by atoms with E-state index in [1.165, 1.54) is 0 Å². The highest BCUT2D eigenvalue weighted by atomic mass is 16.5. The van der Waals surface area contributed by atoms with E-state index in [4.69, 9.17) is 15.2 Å². The molecule has 0 unspecified atom stereocenters. The molecule has 1 aromatic carbocycles. The summed E-state index contributed by atoms with van der Waals surface area (Å²) in [7, 11) is 3.11. The quantitative estimate of drug-likeness (QED) is 0.835. The van der Waals surface area contributed by atoms with Crippen LogP contribution in [0.1, 0.15) is 13.8 Å². The SMILES string of the molecule is COc1cc(NC(=O)[C@H](N)C(C)C)cc(OC)c1. The summed E-state index contributed by atoms with van der Waals surface area (Å²) in [6.45, 7) is 3.80. The smallest absolute Gasteiger partial charge is 0.241 e. The van der Waals surface area contributed by atoms with Gasteiger partial charge in [0.1, 0.15) is 11.5 Å². The van der Waals surface area contributed by atoms with Gasteiger partial charge in [-0.15, -0.1) is 0 Å². The predicted molar refractivity (Wildman–Crippen MR) is 71.0 cm³/mol. The molecule has 5 nitrogen and oxygen atoms in total. The van der Waals surface area contributed by atoms with Crippen LogP contribution in [0.5, 0.6) is 11.5 Å². The Labute approximate surface area is 107 Å². The Kier molecular flexibility index (Phi) is 4.97. The summed E-state index contributed by atoms with van der Waals surface area (Å²) in [4.78, 5) is 11.8. The number of anilines is 1. The van der Waals surface area contributed by atoms with Crippen molar-refractivity contribution in [3.05, 3.63) is 18.2 Å². The number of carbonyl (C=O) groups is 1. The highest BCUT2D eigenvalue weighted by Crippen LogP contribution is 2.25. The normalized spacial score (nSPS) is 12.1. The summed E-state index contributed by atoms with van der Waals surface area (Å²) in [6, 6.07) is 4.63. The molecule has 0 heterocycles. The number of carbonyl (C=O) groups excluding carboxylic acids is 1. The minimum atomic E-state index is -0.540. The van der Waals surface area contributed by atoms with Crippen molar-refractivity contribution in [2.75, 3.05) is 19.5 Å². The van der Waals surface area contributed by atoms with E-state index in [1.54, 1.807) is 32.4 Å². The molecule has 1 aromatic rings. The third-order valence-corrected chi connectivity index (χ3v) is 2.64. The fourth-order valence-electron chi connectivity index (χ4n) is 1.41. The van der Waals surface area contributed by atoms with Gasteiger partial charge in [0, 0.05) is 23.9 Å². The summed E-state index contributed by atoms with van der Waals surface area (Å²) < 4.78 is 10.2. The summed E-state index contributed by atoms with van der Waals surface area (Å²) in [5.74, 6) is 1.09. The number of methoxy groups -OCH3 is 2. The number of rotatable bonds is 5. The molecule has 0 fully saturated rings. The van der Waals surface area contributed by atoms with Crippen LogP contribution in [-0.2, 0) is 4.79 Å². The molecule has 1 atom stereocenters. The van der Waals surface area contributed by atoms with Gasteiger partial charge in [0.25, 0.3) is 0 Å². The second kappa shape index (κ2) is 6.26. The van der Waals surface area contributed by atoms with E-state index < -0.39 is 6.04 Å². The highest BCUT2D eigenvalue weighted by Gasteiger charge is 2.17. The fourth-order valence-corrected chi connectivity index (χ4v) is 1.41. The van der Waals surface area contributed by atoms with Crippen molar-refractivity contribution in [3.63, 3.8) is 0 Å². The topological polar surface area (TPSA) is 73.6 Å². The maximum atomic E-state index is 11.8. The summed E-state index contributed by atoms with van der Waals surface area (Å²) in [5, 5.41) is 2.75. The van der Waals surface area contributed by atoms with Crippen LogP contribution >= 0.6 is 0 Å². The third-order valence-electron chi connectivity index (χ3n) is 2.64. The van der Waals surface area contributed by atoms with E-state index in [2.05, 4.69) is 5.32 Å². The van der Waals surface area contributed by atoms with Crippen molar-refractivity contribution in [3.8, 4) is 11.5 Å². The molecule has 0 spiro atoms. The number of ether oxygens (including phenoxy) is 2. The molecular weight excluding hydrogens is 232 g/mol. The van der Waals surface area contributed by atoms with E-state index in [9.17, 15) is 4.79 Å². The van der Waals surface area contributed by atoms with Crippen LogP contribution < -0.4 is 20.5 Å². The summed E-state index contributed by atoms with van der Waals surface area (Å²) in [6.07, 6.45) is 0.